The number of nitrogens with one attached hydrogen (secondary N) is 1. The number of amides is 2. The zero-order chi connectivity index (χ0) is 17.1. The molecule has 2 aromatic rings. The summed E-state index contributed by atoms with van der Waals surface area (Å²) in [5.74, 6) is -0.733. The Morgan fingerprint density at radius 2 is 1.75 bits per heavy atom. The second kappa shape index (κ2) is 6.66. The van der Waals surface area contributed by atoms with Gasteiger partial charge in [-0.2, -0.15) is 0 Å². The van der Waals surface area contributed by atoms with E-state index in [4.69, 9.17) is 0 Å². The molecule has 0 aliphatic carbocycles. The summed E-state index contributed by atoms with van der Waals surface area (Å²) in [5.41, 5.74) is 2.45. The first-order valence-corrected chi connectivity index (χ1v) is 7.68. The van der Waals surface area contributed by atoms with Crippen molar-refractivity contribution in [1.82, 2.24) is 10.2 Å². The summed E-state index contributed by atoms with van der Waals surface area (Å²) in [6.45, 7) is 4.31. The Labute approximate surface area is 139 Å². The first-order chi connectivity index (χ1) is 11.6. The molecule has 0 fully saturated rings. The molecule has 4 nitrogen and oxygen atoms in total. The van der Waals surface area contributed by atoms with Crippen molar-refractivity contribution in [1.29, 1.82) is 0 Å². The van der Waals surface area contributed by atoms with Crippen molar-refractivity contribution in [2.24, 2.45) is 0 Å². The molecule has 5 heteroatoms. The molecule has 0 atom stereocenters. The lowest BCUT2D eigenvalue weighted by Gasteiger charge is -2.17. The average Bonchev–Trinajstić information content (AvgIpc) is 2.84. The van der Waals surface area contributed by atoms with Crippen LogP contribution in [0, 0.1) is 5.82 Å². The third-order valence-electron chi connectivity index (χ3n) is 4.04. The number of nitrogens with zero attached hydrogens (tertiary/aromatic N) is 1. The van der Waals surface area contributed by atoms with E-state index in [9.17, 15) is 14.0 Å². The van der Waals surface area contributed by atoms with Crippen molar-refractivity contribution < 1.29 is 14.0 Å². The summed E-state index contributed by atoms with van der Waals surface area (Å²) in [7, 11) is 0. The summed E-state index contributed by atoms with van der Waals surface area (Å²) in [6.07, 6.45) is 0.132. The van der Waals surface area contributed by atoms with Crippen molar-refractivity contribution in [2.45, 2.75) is 13.0 Å². The van der Waals surface area contributed by atoms with Crippen LogP contribution in [0.5, 0.6) is 0 Å². The van der Waals surface area contributed by atoms with Crippen LogP contribution in [0.2, 0.25) is 0 Å². The van der Waals surface area contributed by atoms with Crippen LogP contribution in [0.3, 0.4) is 0 Å². The highest BCUT2D eigenvalue weighted by Crippen LogP contribution is 2.30. The molecule has 0 bridgehead atoms. The van der Waals surface area contributed by atoms with Gasteiger partial charge in [0.25, 0.3) is 5.91 Å². The van der Waals surface area contributed by atoms with Crippen LogP contribution in [0.1, 0.15) is 27.9 Å². The monoisotopic (exact) mass is 324 g/mol. The van der Waals surface area contributed by atoms with E-state index in [2.05, 4.69) is 11.9 Å². The van der Waals surface area contributed by atoms with E-state index in [-0.39, 0.29) is 37.1 Å². The summed E-state index contributed by atoms with van der Waals surface area (Å²) in [4.78, 5) is 25.8. The Morgan fingerprint density at radius 3 is 2.46 bits per heavy atom. The molecule has 0 unspecified atom stereocenters. The van der Waals surface area contributed by atoms with E-state index in [1.54, 1.807) is 30.3 Å². The Hall–Kier alpha value is -2.95. The Kier molecular flexibility index (Phi) is 4.42. The van der Waals surface area contributed by atoms with Gasteiger partial charge in [0.1, 0.15) is 5.82 Å². The normalized spacial score (nSPS) is 13.1. The predicted molar refractivity (Wildman–Crippen MR) is 89.4 cm³/mol. The standard InChI is InChI=1S/C19H17FN2O2/c1-13-15-7-3-4-8-16(15)19(24)22(13)11-10-18(23)21-12-14-6-2-5-9-17(14)20/h2-9H,1,10-12H2,(H,21,23). The van der Waals surface area contributed by atoms with E-state index in [1.807, 2.05) is 12.1 Å². The van der Waals surface area contributed by atoms with Gasteiger partial charge in [-0.15, -0.1) is 0 Å². The quantitative estimate of drug-likeness (QED) is 0.919. The number of benzene rings is 2. The zero-order valence-electron chi connectivity index (χ0n) is 13.1. The molecule has 1 heterocycles. The van der Waals surface area contributed by atoms with Crippen LogP contribution < -0.4 is 5.32 Å². The van der Waals surface area contributed by atoms with Crippen LogP contribution in [0.15, 0.2) is 55.1 Å². The first-order valence-electron chi connectivity index (χ1n) is 7.68. The molecular weight excluding hydrogens is 307 g/mol. The van der Waals surface area contributed by atoms with Crippen LogP contribution in [-0.4, -0.2) is 23.3 Å². The van der Waals surface area contributed by atoms with E-state index < -0.39 is 0 Å². The van der Waals surface area contributed by atoms with Crippen molar-refractivity contribution in [3.63, 3.8) is 0 Å². The Morgan fingerprint density at radius 1 is 1.08 bits per heavy atom. The number of halogens is 1. The fourth-order valence-corrected chi connectivity index (χ4v) is 2.71. The zero-order valence-corrected chi connectivity index (χ0v) is 13.1. The largest absolute Gasteiger partial charge is 0.352 e. The second-order valence-corrected chi connectivity index (χ2v) is 5.57. The molecule has 3 rings (SSSR count). The third kappa shape index (κ3) is 3.06. The van der Waals surface area contributed by atoms with E-state index in [0.717, 1.165) is 5.56 Å². The number of hydrogen-bond acceptors (Lipinski definition) is 2. The molecule has 2 aromatic carbocycles. The highest BCUT2D eigenvalue weighted by Gasteiger charge is 2.30. The highest BCUT2D eigenvalue weighted by atomic mass is 19.1. The molecule has 0 radical (unpaired) electrons. The van der Waals surface area contributed by atoms with Gasteiger partial charge < -0.3 is 10.2 Å². The molecule has 122 valence electrons. The molecule has 1 N–H and O–H groups in total. The molecule has 24 heavy (non-hydrogen) atoms. The Balaban J connectivity index is 1.55. The fourth-order valence-electron chi connectivity index (χ4n) is 2.71. The fraction of sp³-hybridized carbons (Fsp3) is 0.158. The lowest BCUT2D eigenvalue weighted by atomic mass is 10.1. The van der Waals surface area contributed by atoms with Crippen LogP contribution >= 0.6 is 0 Å². The van der Waals surface area contributed by atoms with Crippen LogP contribution in [-0.2, 0) is 11.3 Å². The minimum absolute atomic E-state index is 0.126. The van der Waals surface area contributed by atoms with Gasteiger partial charge in [-0.3, -0.25) is 9.59 Å². The number of carbonyl (C=O) groups excluding carboxylic acids is 2. The predicted octanol–water partition coefficient (Wildman–Crippen LogP) is 2.96. The van der Waals surface area contributed by atoms with Crippen molar-refractivity contribution in [3.05, 3.63) is 77.6 Å². The molecule has 0 spiro atoms. The highest BCUT2D eigenvalue weighted by molar-refractivity contribution is 6.08. The van der Waals surface area contributed by atoms with Gasteiger partial charge in [0.05, 0.1) is 0 Å². The maximum absolute atomic E-state index is 13.5. The molecule has 0 aromatic heterocycles. The molecule has 1 aliphatic rings. The maximum atomic E-state index is 13.5. The van der Waals surface area contributed by atoms with Gasteiger partial charge in [-0.05, 0) is 12.1 Å². The van der Waals surface area contributed by atoms with Gasteiger partial charge in [-0.25, -0.2) is 4.39 Å². The summed E-state index contributed by atoms with van der Waals surface area (Å²) in [6, 6.07) is 13.5. The molecule has 0 saturated carbocycles. The first kappa shape index (κ1) is 15.9. The molecular formula is C19H17FN2O2. The summed E-state index contributed by atoms with van der Waals surface area (Å²) < 4.78 is 13.5. The number of hydrogen-bond donors (Lipinski definition) is 1. The van der Waals surface area contributed by atoms with Gasteiger partial charge in [0, 0.05) is 41.9 Å². The minimum atomic E-state index is -0.351. The summed E-state index contributed by atoms with van der Waals surface area (Å²) in [5, 5.41) is 2.67. The SMILES string of the molecule is C=C1c2ccccc2C(=O)N1CCC(=O)NCc1ccccc1F. The summed E-state index contributed by atoms with van der Waals surface area (Å²) >= 11 is 0. The van der Waals surface area contributed by atoms with E-state index in [0.29, 0.717) is 16.8 Å². The average molecular weight is 324 g/mol. The van der Waals surface area contributed by atoms with Crippen molar-refractivity contribution >= 4 is 17.5 Å². The van der Waals surface area contributed by atoms with Gasteiger partial charge in [-0.1, -0.05) is 43.0 Å². The smallest absolute Gasteiger partial charge is 0.258 e. The van der Waals surface area contributed by atoms with Gasteiger partial charge in [0.15, 0.2) is 0 Å². The van der Waals surface area contributed by atoms with Gasteiger partial charge in [0.2, 0.25) is 5.91 Å². The van der Waals surface area contributed by atoms with Crippen LogP contribution in [0.4, 0.5) is 4.39 Å². The second-order valence-electron chi connectivity index (χ2n) is 5.57. The van der Waals surface area contributed by atoms with E-state index >= 15 is 0 Å². The third-order valence-corrected chi connectivity index (χ3v) is 4.04. The van der Waals surface area contributed by atoms with E-state index in [1.165, 1.54) is 11.0 Å². The van der Waals surface area contributed by atoms with Crippen molar-refractivity contribution in [3.8, 4) is 0 Å². The van der Waals surface area contributed by atoms with Crippen molar-refractivity contribution in [2.75, 3.05) is 6.54 Å². The lowest BCUT2D eigenvalue weighted by Crippen LogP contribution is -2.30. The topological polar surface area (TPSA) is 49.4 Å². The van der Waals surface area contributed by atoms with Gasteiger partial charge >= 0.3 is 0 Å². The molecule has 2 amide bonds. The number of rotatable bonds is 5. The maximum Gasteiger partial charge on any atom is 0.258 e. The minimum Gasteiger partial charge on any atom is -0.352 e. The number of fused-ring (bicyclic) bond motifs is 1. The number of carbonyl (C=O) groups is 2. The Bertz CT molecular complexity index is 782. The molecule has 0 saturated heterocycles. The lowest BCUT2D eigenvalue weighted by molar-refractivity contribution is -0.121. The molecule has 1 aliphatic heterocycles. The van der Waals surface area contributed by atoms with Crippen LogP contribution in [0.25, 0.3) is 5.70 Å².